The lowest BCUT2D eigenvalue weighted by Gasteiger charge is -2.42. The Labute approximate surface area is 271 Å². The zero-order valence-electron chi connectivity index (χ0n) is 24.5. The maximum Gasteiger partial charge on any atom is 0.217 e. The number of carbonyl (C=O) groups excluding carboxylic acids is 2. The summed E-state index contributed by atoms with van der Waals surface area (Å²) in [6, 6.07) is 61.2. The molecule has 1 aliphatic carbocycles. The van der Waals surface area contributed by atoms with Crippen molar-refractivity contribution in [2.24, 2.45) is 0 Å². The molecule has 0 saturated heterocycles. The van der Waals surface area contributed by atoms with Gasteiger partial charge in [-0.3, -0.25) is 9.59 Å². The van der Waals surface area contributed by atoms with Crippen molar-refractivity contribution in [3.05, 3.63) is 182 Å². The van der Waals surface area contributed by atoms with Crippen molar-refractivity contribution < 1.29 is 22.0 Å². The van der Waals surface area contributed by atoms with Crippen LogP contribution in [0.15, 0.2) is 182 Å². The topological polar surface area (TPSA) is 34.1 Å². The Bertz CT molecular complexity index is 1760. The Balaban J connectivity index is 0.00000357. The number of hydrogen-bond donors (Lipinski definition) is 0. The van der Waals surface area contributed by atoms with Crippen LogP contribution in [0, 0.1) is 0 Å². The third kappa shape index (κ3) is 4.86. The lowest BCUT2D eigenvalue weighted by atomic mass is 9.95. The number of rotatable bonds is 7. The second-order valence-corrected chi connectivity index (χ2v) is 17.7. The first-order valence-corrected chi connectivity index (χ1v) is 18.4. The minimum atomic E-state index is -2.82. The molecule has 220 valence electrons. The number of carbonyl (C=O) groups is 2. The Morgan fingerprint density at radius 2 is 0.622 bits per heavy atom. The number of benzene rings is 6. The largest absolute Gasteiger partial charge is 1.00 e. The molecule has 0 unspecified atom stereocenters. The number of Topliss-reactive ketones (excluding diaryl/α,β-unsaturated/α-hetero) is 2. The van der Waals surface area contributed by atoms with Crippen LogP contribution in [0.2, 0.25) is 0 Å². The molecule has 0 heterocycles. The predicted octanol–water partition coefficient (Wildman–Crippen LogP) is 2.67. The van der Waals surface area contributed by atoms with Crippen molar-refractivity contribution in [1.29, 1.82) is 0 Å². The lowest BCUT2D eigenvalue weighted by molar-refractivity contribution is -0.124. The first kappa shape index (κ1) is 30.7. The molecule has 0 N–H and O–H groups in total. The molecule has 45 heavy (non-hydrogen) atoms. The average molecular weight is 641 g/mol. The van der Waals surface area contributed by atoms with E-state index in [1.165, 1.54) is 0 Å². The van der Waals surface area contributed by atoms with Gasteiger partial charge in [0, 0.05) is 0 Å². The summed E-state index contributed by atoms with van der Waals surface area (Å²) in [7, 11) is -2.75. The van der Waals surface area contributed by atoms with Crippen molar-refractivity contribution in [2.45, 2.75) is 5.66 Å². The van der Waals surface area contributed by atoms with E-state index in [0.717, 1.165) is 31.8 Å². The van der Waals surface area contributed by atoms with E-state index in [9.17, 15) is 0 Å². The van der Waals surface area contributed by atoms with Gasteiger partial charge >= 0.3 is 0 Å². The molecule has 5 heteroatoms. The van der Waals surface area contributed by atoms with Gasteiger partial charge in [0.05, 0.1) is 5.29 Å². The minimum absolute atomic E-state index is 0. The summed E-state index contributed by atoms with van der Waals surface area (Å²) in [5, 5.41) is 6.57. The second-order valence-electron chi connectivity index (χ2n) is 10.9. The second kappa shape index (κ2) is 13.0. The normalized spacial score (nSPS) is 13.6. The van der Waals surface area contributed by atoms with E-state index in [4.69, 9.17) is 0 Å². The molecule has 6 aromatic rings. The third-order valence-corrected chi connectivity index (χ3v) is 17.5. The van der Waals surface area contributed by atoms with Gasteiger partial charge < -0.3 is 12.4 Å². The lowest BCUT2D eigenvalue weighted by Crippen LogP contribution is -3.00. The molecule has 1 aliphatic rings. The van der Waals surface area contributed by atoms with Crippen molar-refractivity contribution in [3.8, 4) is 0 Å². The maximum atomic E-state index is 15.3. The molecule has 0 bridgehead atoms. The monoisotopic (exact) mass is 640 g/mol. The fourth-order valence-electron chi connectivity index (χ4n) is 6.78. The van der Waals surface area contributed by atoms with Gasteiger partial charge in [0.25, 0.3) is 0 Å². The molecule has 0 spiro atoms. The highest BCUT2D eigenvalue weighted by atomic mass is 35.5. The van der Waals surface area contributed by atoms with Crippen LogP contribution in [0.5, 0.6) is 0 Å². The van der Waals surface area contributed by atoms with Gasteiger partial charge in [-0.1, -0.05) is 146 Å². The molecule has 0 amide bonds. The SMILES string of the molecule is O=C1C(=P(c2ccccc2)(c2ccccc2)c2ccccc2)C(=O)C1[P+](c1ccccc1)(c1ccccc1)c1ccccc1.[Cl-]. The highest BCUT2D eigenvalue weighted by Crippen LogP contribution is 2.64. The van der Waals surface area contributed by atoms with Crippen LogP contribution in [0.4, 0.5) is 0 Å². The molecule has 0 aliphatic heterocycles. The van der Waals surface area contributed by atoms with Crippen LogP contribution in [0.25, 0.3) is 0 Å². The fraction of sp³-hybridized carbons (Fsp3) is 0.0250. The fourth-order valence-corrected chi connectivity index (χ4v) is 16.1. The van der Waals surface area contributed by atoms with Gasteiger partial charge in [-0.25, -0.2) is 0 Å². The molecule has 6 aromatic carbocycles. The van der Waals surface area contributed by atoms with E-state index in [2.05, 4.69) is 72.8 Å². The highest BCUT2D eigenvalue weighted by Gasteiger charge is 2.67. The van der Waals surface area contributed by atoms with E-state index in [1.807, 2.05) is 109 Å². The number of halogens is 1. The van der Waals surface area contributed by atoms with Gasteiger partial charge in [-0.05, 0) is 59.2 Å². The van der Waals surface area contributed by atoms with Gasteiger partial charge in [0.15, 0.2) is 0 Å². The quantitative estimate of drug-likeness (QED) is 0.199. The number of hydrogen-bond acceptors (Lipinski definition) is 2. The Morgan fingerprint density at radius 1 is 0.378 bits per heavy atom. The van der Waals surface area contributed by atoms with Gasteiger partial charge in [0.2, 0.25) is 17.2 Å². The average Bonchev–Trinajstić information content (AvgIpc) is 3.11. The zero-order valence-corrected chi connectivity index (χ0v) is 27.0. The first-order chi connectivity index (χ1) is 21.7. The van der Waals surface area contributed by atoms with Crippen LogP contribution in [-0.2, 0) is 9.59 Å². The van der Waals surface area contributed by atoms with E-state index >= 15 is 9.59 Å². The predicted molar refractivity (Wildman–Crippen MR) is 189 cm³/mol. The smallest absolute Gasteiger partial charge is 0.217 e. The van der Waals surface area contributed by atoms with E-state index in [-0.39, 0.29) is 24.0 Å². The zero-order chi connectivity index (χ0) is 30.0. The van der Waals surface area contributed by atoms with Gasteiger partial charge in [0.1, 0.15) is 23.2 Å². The van der Waals surface area contributed by atoms with Crippen LogP contribution in [0.3, 0.4) is 0 Å². The van der Waals surface area contributed by atoms with E-state index in [0.29, 0.717) is 5.29 Å². The van der Waals surface area contributed by atoms with E-state index < -0.39 is 19.8 Å². The van der Waals surface area contributed by atoms with Gasteiger partial charge in [-0.2, -0.15) is 0 Å². The Kier molecular flexibility index (Phi) is 8.84. The van der Waals surface area contributed by atoms with Gasteiger partial charge in [-0.15, -0.1) is 0 Å². The molecular formula is C40H31ClO2P2. The summed E-state index contributed by atoms with van der Waals surface area (Å²) in [5.74, 6) is -0.0745. The van der Waals surface area contributed by atoms with Crippen LogP contribution in [0.1, 0.15) is 0 Å². The standard InChI is InChI=1S/C40H31O2P2.ClH/c41-37-39(43(31-19-7-1-8-20-31,32-21-9-2-10-22-32)33-23-11-3-12-24-33)38(42)40(37)44(34-25-13-4-14-26-34,35-27-15-5-16-28-35)36-29-17-6-18-30-36;/h1-30,39H;1H/q+1;/p-1. The Morgan fingerprint density at radius 3 is 0.889 bits per heavy atom. The first-order valence-electron chi connectivity index (χ1n) is 14.8. The minimum Gasteiger partial charge on any atom is -1.00 e. The third-order valence-electron chi connectivity index (χ3n) is 8.61. The molecular weight excluding hydrogens is 610 g/mol. The van der Waals surface area contributed by atoms with E-state index in [1.54, 1.807) is 0 Å². The summed E-state index contributed by atoms with van der Waals surface area (Å²) in [4.78, 5) is 30.6. The summed E-state index contributed by atoms with van der Waals surface area (Å²) in [6.07, 6.45) is 0. The van der Waals surface area contributed by atoms with Crippen molar-refractivity contribution in [1.82, 2.24) is 0 Å². The summed E-state index contributed by atoms with van der Waals surface area (Å²) < 4.78 is 0. The molecule has 1 saturated carbocycles. The van der Waals surface area contributed by atoms with Crippen LogP contribution >= 0.6 is 14.1 Å². The number of ketones is 2. The Hall–Kier alpha value is -4.32. The molecule has 0 atom stereocenters. The van der Waals surface area contributed by atoms with Crippen molar-refractivity contribution in [3.63, 3.8) is 0 Å². The summed E-state index contributed by atoms with van der Waals surface area (Å²) in [5.41, 5.74) is -0.805. The van der Waals surface area contributed by atoms with Crippen molar-refractivity contribution >= 4 is 62.8 Å². The summed E-state index contributed by atoms with van der Waals surface area (Å²) >= 11 is 0. The maximum absolute atomic E-state index is 15.3. The summed E-state index contributed by atoms with van der Waals surface area (Å²) in [6.45, 7) is -2.82. The van der Waals surface area contributed by atoms with Crippen LogP contribution < -0.4 is 44.2 Å². The van der Waals surface area contributed by atoms with Crippen LogP contribution in [-0.4, -0.2) is 22.5 Å². The molecule has 0 radical (unpaired) electrons. The molecule has 7 rings (SSSR count). The van der Waals surface area contributed by atoms with Crippen molar-refractivity contribution in [2.75, 3.05) is 0 Å². The molecule has 0 aromatic heterocycles. The molecule has 2 nitrogen and oxygen atoms in total. The highest BCUT2D eigenvalue weighted by molar-refractivity contribution is 8.02. The molecule has 1 fully saturated rings.